The molecule has 3 rings (SSSR count). The lowest BCUT2D eigenvalue weighted by Crippen LogP contribution is -2.12. The third-order valence-corrected chi connectivity index (χ3v) is 3.95. The number of ether oxygens (including phenoxy) is 2. The highest BCUT2D eigenvalue weighted by Gasteiger charge is 2.18. The fourth-order valence-corrected chi connectivity index (χ4v) is 2.72. The molecule has 5 nitrogen and oxygen atoms in total. The van der Waals surface area contributed by atoms with Crippen molar-refractivity contribution in [3.8, 4) is 17.1 Å². The summed E-state index contributed by atoms with van der Waals surface area (Å²) in [6.07, 6.45) is 7.94. The van der Waals surface area contributed by atoms with E-state index in [1.54, 1.807) is 13.0 Å². The standard InChI is InChI=1S/C19H21NO4/c1-2-22-19(21)16-12-18(24-20-16)15-10-6-7-11-17(15)23-13-14-8-4-3-5-9-14/h4,6-8,10-12,14H,2-3,5,9,13H2,1H3. The van der Waals surface area contributed by atoms with Gasteiger partial charge in [-0.25, -0.2) is 4.79 Å². The average molecular weight is 327 g/mol. The summed E-state index contributed by atoms with van der Waals surface area (Å²) in [6, 6.07) is 9.18. The summed E-state index contributed by atoms with van der Waals surface area (Å²) < 4.78 is 16.2. The number of para-hydroxylation sites is 1. The number of aromatic nitrogens is 1. The van der Waals surface area contributed by atoms with Gasteiger partial charge >= 0.3 is 5.97 Å². The van der Waals surface area contributed by atoms with Crippen molar-refractivity contribution >= 4 is 5.97 Å². The molecule has 0 N–H and O–H groups in total. The van der Waals surface area contributed by atoms with Crippen LogP contribution in [0, 0.1) is 5.92 Å². The lowest BCUT2D eigenvalue weighted by Gasteiger charge is -2.17. The van der Waals surface area contributed by atoms with E-state index in [0.717, 1.165) is 24.2 Å². The maximum atomic E-state index is 11.7. The van der Waals surface area contributed by atoms with E-state index in [1.807, 2.05) is 24.3 Å². The third-order valence-electron chi connectivity index (χ3n) is 3.95. The number of esters is 1. The molecule has 1 aliphatic rings. The van der Waals surface area contributed by atoms with Crippen molar-refractivity contribution in [2.75, 3.05) is 13.2 Å². The quantitative estimate of drug-likeness (QED) is 0.586. The van der Waals surface area contributed by atoms with E-state index in [0.29, 0.717) is 24.9 Å². The molecule has 1 aliphatic carbocycles. The number of hydrogen-bond acceptors (Lipinski definition) is 5. The van der Waals surface area contributed by atoms with Crippen LogP contribution >= 0.6 is 0 Å². The molecule has 0 fully saturated rings. The Labute approximate surface area is 141 Å². The first kappa shape index (κ1) is 16.3. The highest BCUT2D eigenvalue weighted by molar-refractivity contribution is 5.88. The highest BCUT2D eigenvalue weighted by Crippen LogP contribution is 2.31. The molecular weight excluding hydrogens is 306 g/mol. The molecule has 1 atom stereocenters. The first-order valence-electron chi connectivity index (χ1n) is 8.30. The van der Waals surface area contributed by atoms with Crippen LogP contribution in [0.1, 0.15) is 36.7 Å². The molecule has 24 heavy (non-hydrogen) atoms. The predicted molar refractivity (Wildman–Crippen MR) is 89.9 cm³/mol. The molecule has 0 bridgehead atoms. The van der Waals surface area contributed by atoms with Crippen molar-refractivity contribution in [1.82, 2.24) is 5.16 Å². The third kappa shape index (κ3) is 3.85. The van der Waals surface area contributed by atoms with Crippen molar-refractivity contribution in [2.24, 2.45) is 5.92 Å². The molecule has 0 aliphatic heterocycles. The first-order chi connectivity index (χ1) is 11.8. The van der Waals surface area contributed by atoms with E-state index in [9.17, 15) is 4.79 Å². The zero-order chi connectivity index (χ0) is 16.8. The van der Waals surface area contributed by atoms with Crippen LogP contribution in [0.15, 0.2) is 47.0 Å². The molecule has 5 heteroatoms. The maximum absolute atomic E-state index is 11.7. The molecule has 126 valence electrons. The fourth-order valence-electron chi connectivity index (χ4n) is 2.72. The number of carbonyl (C=O) groups is 1. The molecule has 0 amide bonds. The van der Waals surface area contributed by atoms with Crippen molar-refractivity contribution < 1.29 is 18.8 Å². The maximum Gasteiger partial charge on any atom is 0.360 e. The zero-order valence-electron chi connectivity index (χ0n) is 13.7. The molecule has 1 aromatic carbocycles. The van der Waals surface area contributed by atoms with E-state index in [2.05, 4.69) is 17.3 Å². The molecule has 0 radical (unpaired) electrons. The molecule has 2 aromatic rings. The minimum atomic E-state index is -0.488. The summed E-state index contributed by atoms with van der Waals surface area (Å²) in [7, 11) is 0. The van der Waals surface area contributed by atoms with Gasteiger partial charge in [0.2, 0.25) is 0 Å². The molecule has 1 aromatic heterocycles. The summed E-state index contributed by atoms with van der Waals surface area (Å²) >= 11 is 0. The number of benzene rings is 1. The second kappa shape index (κ2) is 7.81. The van der Waals surface area contributed by atoms with Crippen molar-refractivity contribution in [3.63, 3.8) is 0 Å². The van der Waals surface area contributed by atoms with Gasteiger partial charge in [-0.05, 0) is 38.3 Å². The van der Waals surface area contributed by atoms with E-state index < -0.39 is 5.97 Å². The largest absolute Gasteiger partial charge is 0.492 e. The SMILES string of the molecule is CCOC(=O)c1cc(-c2ccccc2OCC2C=CCCC2)on1. The van der Waals surface area contributed by atoms with Crippen molar-refractivity contribution in [3.05, 3.63) is 48.2 Å². The summed E-state index contributed by atoms with van der Waals surface area (Å²) in [5, 5.41) is 3.79. The fraction of sp³-hybridized carbons (Fsp3) is 0.368. The van der Waals surface area contributed by atoms with Gasteiger partial charge in [0.1, 0.15) is 5.75 Å². The smallest absolute Gasteiger partial charge is 0.360 e. The zero-order valence-corrected chi connectivity index (χ0v) is 13.7. The van der Waals surface area contributed by atoms with Crippen molar-refractivity contribution in [2.45, 2.75) is 26.2 Å². The number of carbonyl (C=O) groups excluding carboxylic acids is 1. The Bertz CT molecular complexity index is 720. The van der Waals surface area contributed by atoms with E-state index >= 15 is 0 Å². The monoisotopic (exact) mass is 327 g/mol. The molecule has 0 spiro atoms. The Hall–Kier alpha value is -2.56. The molecule has 1 heterocycles. The summed E-state index contributed by atoms with van der Waals surface area (Å²) in [4.78, 5) is 11.7. The lowest BCUT2D eigenvalue weighted by molar-refractivity contribution is 0.0514. The summed E-state index contributed by atoms with van der Waals surface area (Å²) in [6.45, 7) is 2.68. The molecular formula is C19H21NO4. The van der Waals surface area contributed by atoms with E-state index in [1.165, 1.54) is 6.42 Å². The second-order valence-corrected chi connectivity index (χ2v) is 5.72. The van der Waals surface area contributed by atoms with Crippen LogP contribution in [0.4, 0.5) is 0 Å². The van der Waals surface area contributed by atoms with E-state index in [4.69, 9.17) is 14.0 Å². The van der Waals surface area contributed by atoms with E-state index in [-0.39, 0.29) is 5.69 Å². The number of hydrogen-bond donors (Lipinski definition) is 0. The Morgan fingerprint density at radius 3 is 3.04 bits per heavy atom. The van der Waals surface area contributed by atoms with Crippen LogP contribution in [0.3, 0.4) is 0 Å². The minimum Gasteiger partial charge on any atom is -0.492 e. The molecule has 0 saturated carbocycles. The molecule has 1 unspecified atom stereocenters. The Morgan fingerprint density at radius 1 is 1.38 bits per heavy atom. The normalized spacial score (nSPS) is 16.8. The van der Waals surface area contributed by atoms with Crippen LogP contribution in [0.5, 0.6) is 5.75 Å². The average Bonchev–Trinajstić information content (AvgIpc) is 3.11. The van der Waals surface area contributed by atoms with Crippen LogP contribution in [-0.4, -0.2) is 24.3 Å². The van der Waals surface area contributed by atoms with Crippen LogP contribution < -0.4 is 4.74 Å². The number of rotatable bonds is 6. The van der Waals surface area contributed by atoms with Gasteiger partial charge in [-0.15, -0.1) is 0 Å². The highest BCUT2D eigenvalue weighted by atomic mass is 16.5. The Morgan fingerprint density at radius 2 is 2.25 bits per heavy atom. The van der Waals surface area contributed by atoms with Crippen LogP contribution in [0.2, 0.25) is 0 Å². The van der Waals surface area contributed by atoms with Gasteiger partial charge in [-0.2, -0.15) is 0 Å². The lowest BCUT2D eigenvalue weighted by atomic mass is 9.97. The summed E-state index contributed by atoms with van der Waals surface area (Å²) in [5.74, 6) is 1.17. The van der Waals surface area contributed by atoms with Gasteiger partial charge in [0.05, 0.1) is 18.8 Å². The first-order valence-corrected chi connectivity index (χ1v) is 8.30. The Kier molecular flexibility index (Phi) is 5.31. The Balaban J connectivity index is 1.75. The van der Waals surface area contributed by atoms with Crippen LogP contribution in [0.25, 0.3) is 11.3 Å². The summed E-state index contributed by atoms with van der Waals surface area (Å²) in [5.41, 5.74) is 0.942. The van der Waals surface area contributed by atoms with Crippen LogP contribution in [-0.2, 0) is 4.74 Å². The van der Waals surface area contributed by atoms with Gasteiger partial charge in [0, 0.05) is 12.0 Å². The van der Waals surface area contributed by atoms with Gasteiger partial charge in [-0.3, -0.25) is 0 Å². The number of nitrogens with zero attached hydrogens (tertiary/aromatic N) is 1. The molecule has 0 saturated heterocycles. The van der Waals surface area contributed by atoms with Gasteiger partial charge in [-0.1, -0.05) is 29.4 Å². The van der Waals surface area contributed by atoms with Crippen molar-refractivity contribution in [1.29, 1.82) is 0 Å². The number of allylic oxidation sites excluding steroid dienone is 1. The van der Waals surface area contributed by atoms with Gasteiger partial charge < -0.3 is 14.0 Å². The predicted octanol–water partition coefficient (Wildman–Crippen LogP) is 4.25. The second-order valence-electron chi connectivity index (χ2n) is 5.72. The topological polar surface area (TPSA) is 61.6 Å². The minimum absolute atomic E-state index is 0.164. The van der Waals surface area contributed by atoms with Gasteiger partial charge in [0.25, 0.3) is 0 Å². The van der Waals surface area contributed by atoms with Gasteiger partial charge in [0.15, 0.2) is 11.5 Å².